The van der Waals surface area contributed by atoms with Crippen molar-refractivity contribution < 1.29 is 0 Å². The van der Waals surface area contributed by atoms with Gasteiger partial charge in [0.1, 0.15) is 0 Å². The van der Waals surface area contributed by atoms with Gasteiger partial charge in [-0.25, -0.2) is 0 Å². The number of hydrogen-bond donors (Lipinski definition) is 0. The molecule has 0 aromatic rings. The Morgan fingerprint density at radius 2 is 1.67 bits per heavy atom. The van der Waals surface area contributed by atoms with E-state index in [1.54, 1.807) is 5.57 Å². The molecule has 0 spiro atoms. The highest BCUT2D eigenvalue weighted by Crippen LogP contribution is 2.39. The van der Waals surface area contributed by atoms with E-state index in [2.05, 4.69) is 47.6 Å². The van der Waals surface area contributed by atoms with Gasteiger partial charge in [-0.1, -0.05) is 44.9 Å². The molecular formula is C12H20. The van der Waals surface area contributed by atoms with Crippen LogP contribution in [0.15, 0.2) is 22.8 Å². The molecule has 0 fully saturated rings. The first-order valence-corrected chi connectivity index (χ1v) is 4.73. The average molecular weight is 164 g/mol. The zero-order chi connectivity index (χ0) is 9.52. The molecule has 0 amide bonds. The van der Waals surface area contributed by atoms with Crippen molar-refractivity contribution in [1.82, 2.24) is 0 Å². The summed E-state index contributed by atoms with van der Waals surface area (Å²) in [5.41, 5.74) is 4.92. The lowest BCUT2D eigenvalue weighted by molar-refractivity contribution is 0.511. The minimum Gasteiger partial charge on any atom is -0.0661 e. The predicted octanol–water partition coefficient (Wildman–Crippen LogP) is 3.95. The van der Waals surface area contributed by atoms with Gasteiger partial charge in [0.05, 0.1) is 0 Å². The summed E-state index contributed by atoms with van der Waals surface area (Å²) in [6.07, 6.45) is 2.36. The number of hydrogen-bond acceptors (Lipinski definition) is 0. The molecule has 1 atom stereocenters. The quantitative estimate of drug-likeness (QED) is 0.508. The van der Waals surface area contributed by atoms with Gasteiger partial charge in [-0.3, -0.25) is 0 Å². The van der Waals surface area contributed by atoms with Crippen molar-refractivity contribution in [3.63, 3.8) is 0 Å². The third-order valence-corrected chi connectivity index (χ3v) is 2.94. The summed E-state index contributed by atoms with van der Waals surface area (Å²) in [6, 6.07) is 0. The van der Waals surface area contributed by atoms with E-state index in [0.717, 1.165) is 0 Å². The van der Waals surface area contributed by atoms with Gasteiger partial charge in [-0.05, 0) is 30.8 Å². The van der Waals surface area contributed by atoms with Crippen LogP contribution in [0.5, 0.6) is 0 Å². The Morgan fingerprint density at radius 1 is 1.17 bits per heavy atom. The van der Waals surface area contributed by atoms with Crippen molar-refractivity contribution in [2.45, 2.75) is 41.5 Å². The zero-order valence-electron chi connectivity index (χ0n) is 9.15. The van der Waals surface area contributed by atoms with E-state index in [1.165, 1.54) is 11.1 Å². The van der Waals surface area contributed by atoms with Crippen molar-refractivity contribution in [3.8, 4) is 0 Å². The SMILES string of the molecule is CC1=CC(C(C)(C)C)=C(C)C1C. The smallest absolute Gasteiger partial charge is 0.00177 e. The summed E-state index contributed by atoms with van der Waals surface area (Å²) in [4.78, 5) is 0. The lowest BCUT2D eigenvalue weighted by Gasteiger charge is -2.21. The molecule has 0 aliphatic heterocycles. The van der Waals surface area contributed by atoms with Crippen LogP contribution in [-0.2, 0) is 0 Å². The molecule has 0 N–H and O–H groups in total. The van der Waals surface area contributed by atoms with Crippen LogP contribution in [0.1, 0.15) is 41.5 Å². The Morgan fingerprint density at radius 3 is 1.83 bits per heavy atom. The van der Waals surface area contributed by atoms with E-state index >= 15 is 0 Å². The minimum atomic E-state index is 0.316. The first kappa shape index (κ1) is 9.57. The van der Waals surface area contributed by atoms with Crippen molar-refractivity contribution >= 4 is 0 Å². The molecule has 0 saturated carbocycles. The molecule has 0 radical (unpaired) electrons. The molecule has 0 nitrogen and oxygen atoms in total. The van der Waals surface area contributed by atoms with Gasteiger partial charge >= 0.3 is 0 Å². The van der Waals surface area contributed by atoms with E-state index < -0.39 is 0 Å². The maximum atomic E-state index is 2.36. The van der Waals surface area contributed by atoms with Crippen LogP contribution in [0.2, 0.25) is 0 Å². The van der Waals surface area contributed by atoms with Crippen LogP contribution >= 0.6 is 0 Å². The van der Waals surface area contributed by atoms with E-state index in [0.29, 0.717) is 11.3 Å². The molecule has 0 saturated heterocycles. The molecule has 1 aliphatic carbocycles. The van der Waals surface area contributed by atoms with Crippen LogP contribution in [-0.4, -0.2) is 0 Å². The predicted molar refractivity (Wildman–Crippen MR) is 55.1 cm³/mol. The highest BCUT2D eigenvalue weighted by Gasteiger charge is 2.25. The van der Waals surface area contributed by atoms with Crippen molar-refractivity contribution in [3.05, 3.63) is 22.8 Å². The Hall–Kier alpha value is -0.520. The van der Waals surface area contributed by atoms with E-state index in [-0.39, 0.29) is 0 Å². The molecule has 0 bridgehead atoms. The molecule has 0 heterocycles. The third-order valence-electron chi connectivity index (χ3n) is 2.94. The van der Waals surface area contributed by atoms with Crippen LogP contribution < -0.4 is 0 Å². The highest BCUT2D eigenvalue weighted by atomic mass is 14.3. The van der Waals surface area contributed by atoms with Gasteiger partial charge < -0.3 is 0 Å². The lowest BCUT2D eigenvalue weighted by atomic mass is 9.84. The molecule has 0 aromatic heterocycles. The normalized spacial score (nSPS) is 24.8. The van der Waals surface area contributed by atoms with Crippen molar-refractivity contribution in [2.24, 2.45) is 11.3 Å². The minimum absolute atomic E-state index is 0.316. The van der Waals surface area contributed by atoms with Crippen LogP contribution in [0.4, 0.5) is 0 Å². The Balaban J connectivity index is 3.07. The van der Waals surface area contributed by atoms with E-state index in [1.807, 2.05) is 0 Å². The summed E-state index contributed by atoms with van der Waals surface area (Å²) < 4.78 is 0. The maximum Gasteiger partial charge on any atom is -0.00177 e. The molecule has 68 valence electrons. The van der Waals surface area contributed by atoms with Gasteiger partial charge in [0.2, 0.25) is 0 Å². The topological polar surface area (TPSA) is 0 Å². The Kier molecular flexibility index (Phi) is 2.20. The van der Waals surface area contributed by atoms with Gasteiger partial charge in [0, 0.05) is 0 Å². The maximum absolute atomic E-state index is 2.36. The molecule has 1 rings (SSSR count). The fourth-order valence-electron chi connectivity index (χ4n) is 1.85. The van der Waals surface area contributed by atoms with E-state index in [4.69, 9.17) is 0 Å². The van der Waals surface area contributed by atoms with Gasteiger partial charge in [-0.15, -0.1) is 0 Å². The molecule has 0 heteroatoms. The second kappa shape index (κ2) is 2.76. The van der Waals surface area contributed by atoms with E-state index in [9.17, 15) is 0 Å². The van der Waals surface area contributed by atoms with Crippen LogP contribution in [0.25, 0.3) is 0 Å². The monoisotopic (exact) mass is 164 g/mol. The van der Waals surface area contributed by atoms with Crippen LogP contribution in [0.3, 0.4) is 0 Å². The lowest BCUT2D eigenvalue weighted by Crippen LogP contribution is -2.08. The average Bonchev–Trinajstić information content (AvgIpc) is 2.15. The summed E-state index contributed by atoms with van der Waals surface area (Å²) in [6.45, 7) is 13.6. The van der Waals surface area contributed by atoms with Gasteiger partial charge in [0.15, 0.2) is 0 Å². The second-order valence-electron chi connectivity index (χ2n) is 4.96. The number of allylic oxidation sites excluding steroid dienone is 4. The van der Waals surface area contributed by atoms with Crippen molar-refractivity contribution in [2.75, 3.05) is 0 Å². The molecule has 0 aromatic carbocycles. The fraction of sp³-hybridized carbons (Fsp3) is 0.667. The summed E-state index contributed by atoms with van der Waals surface area (Å²) in [5, 5.41) is 0. The number of rotatable bonds is 0. The molecular weight excluding hydrogens is 144 g/mol. The highest BCUT2D eigenvalue weighted by molar-refractivity contribution is 5.42. The Labute approximate surface area is 76.4 Å². The third kappa shape index (κ3) is 1.48. The summed E-state index contributed by atoms with van der Waals surface area (Å²) in [7, 11) is 0. The summed E-state index contributed by atoms with van der Waals surface area (Å²) in [5.74, 6) is 0.666. The second-order valence-corrected chi connectivity index (χ2v) is 4.96. The first-order valence-electron chi connectivity index (χ1n) is 4.73. The van der Waals surface area contributed by atoms with Crippen molar-refractivity contribution in [1.29, 1.82) is 0 Å². The standard InChI is InChI=1S/C12H20/c1-8-7-11(12(4,5)6)10(3)9(8)2/h7,9H,1-6H3. The fourth-order valence-corrected chi connectivity index (χ4v) is 1.85. The van der Waals surface area contributed by atoms with Gasteiger partial charge in [-0.2, -0.15) is 0 Å². The molecule has 1 unspecified atom stereocenters. The first-order chi connectivity index (χ1) is 5.34. The molecule has 1 aliphatic rings. The Bertz CT molecular complexity index is 246. The zero-order valence-corrected chi connectivity index (χ0v) is 9.15. The largest absolute Gasteiger partial charge is 0.0661 e. The summed E-state index contributed by atoms with van der Waals surface area (Å²) >= 11 is 0. The molecule has 12 heavy (non-hydrogen) atoms. The van der Waals surface area contributed by atoms with Gasteiger partial charge in [0.25, 0.3) is 0 Å². The van der Waals surface area contributed by atoms with Crippen LogP contribution in [0, 0.1) is 11.3 Å².